The number of hydrogen-bond donors (Lipinski definition) is 1. The molecular weight excluding hydrogens is 340 g/mol. The number of amides is 1. The second kappa shape index (κ2) is 8.17. The van der Waals surface area contributed by atoms with Crippen LogP contribution < -0.4 is 5.32 Å². The molecule has 4 rings (SSSR count). The van der Waals surface area contributed by atoms with Gasteiger partial charge in [-0.3, -0.25) is 19.4 Å². The van der Waals surface area contributed by atoms with Crippen LogP contribution in [0.15, 0.2) is 24.4 Å². The lowest BCUT2D eigenvalue weighted by atomic mass is 9.99. The monoisotopic (exact) mass is 368 g/mol. The van der Waals surface area contributed by atoms with Crippen LogP contribution in [-0.4, -0.2) is 49.4 Å². The lowest BCUT2D eigenvalue weighted by Gasteiger charge is -2.35. The van der Waals surface area contributed by atoms with E-state index in [4.69, 9.17) is 0 Å². The first-order valence-corrected chi connectivity index (χ1v) is 10.0. The normalized spacial score (nSPS) is 20.6. The molecule has 0 radical (unpaired) electrons. The molecule has 1 saturated carbocycles. The molecule has 0 spiro atoms. The molecule has 2 aromatic rings. The Bertz CT molecular complexity index is 784. The van der Waals surface area contributed by atoms with E-state index in [1.54, 1.807) is 10.9 Å². The summed E-state index contributed by atoms with van der Waals surface area (Å²) in [7, 11) is 0. The highest BCUT2D eigenvalue weighted by atomic mass is 16.2. The highest BCUT2D eigenvalue weighted by Gasteiger charge is 2.26. The van der Waals surface area contributed by atoms with Crippen LogP contribution in [0.2, 0.25) is 0 Å². The van der Waals surface area contributed by atoms with Crippen molar-refractivity contribution in [3.05, 3.63) is 41.5 Å². The average molecular weight is 368 g/mol. The van der Waals surface area contributed by atoms with E-state index in [-0.39, 0.29) is 5.91 Å². The molecule has 0 unspecified atom stereocenters. The molecule has 2 aromatic heterocycles. The smallest absolute Gasteiger partial charge is 0.273 e. The minimum atomic E-state index is -0.103. The van der Waals surface area contributed by atoms with E-state index in [0.717, 1.165) is 50.3 Å². The predicted octanol–water partition coefficient (Wildman–Crippen LogP) is 2.32. The molecule has 0 bridgehead atoms. The number of carbonyl (C=O) groups excluding carboxylic acids is 1. The molecule has 1 saturated heterocycles. The molecule has 2 fully saturated rings. The highest BCUT2D eigenvalue weighted by molar-refractivity contribution is 5.92. The number of aromatic nitrogens is 4. The van der Waals surface area contributed by atoms with Crippen LogP contribution in [-0.2, 0) is 13.1 Å². The van der Waals surface area contributed by atoms with E-state index >= 15 is 0 Å². The van der Waals surface area contributed by atoms with Gasteiger partial charge in [0.1, 0.15) is 0 Å². The van der Waals surface area contributed by atoms with Crippen molar-refractivity contribution in [2.24, 2.45) is 0 Å². The van der Waals surface area contributed by atoms with Crippen LogP contribution in [0.1, 0.15) is 60.4 Å². The largest absolute Gasteiger partial charge is 0.348 e. The van der Waals surface area contributed by atoms with Gasteiger partial charge >= 0.3 is 0 Å². The van der Waals surface area contributed by atoms with Crippen LogP contribution in [0.5, 0.6) is 0 Å². The van der Waals surface area contributed by atoms with Gasteiger partial charge in [0.05, 0.1) is 11.9 Å². The maximum atomic E-state index is 12.1. The van der Waals surface area contributed by atoms with E-state index in [0.29, 0.717) is 17.8 Å². The number of nitrogens with one attached hydrogen (secondary N) is 1. The second-order valence-electron chi connectivity index (χ2n) is 7.79. The number of aryl methyl sites for hydroxylation is 2. The van der Waals surface area contributed by atoms with E-state index in [1.807, 2.05) is 13.0 Å². The molecule has 1 atom stereocenters. The Kier molecular flexibility index (Phi) is 5.48. The standard InChI is InChI=1S/C20H28N6O/c1-15-5-4-6-17(21-15)13-25-11-3-2-7-18(25)10-12-26-14-19(23-24-26)20(27)22-16-8-9-16/h4-6,14,16,18H,2-3,7-13H2,1H3,(H,22,27)/t18-/m0/s1. The molecule has 0 aromatic carbocycles. The van der Waals surface area contributed by atoms with E-state index < -0.39 is 0 Å². The van der Waals surface area contributed by atoms with E-state index in [2.05, 4.69) is 37.6 Å². The number of rotatable bonds is 7. The highest BCUT2D eigenvalue weighted by Crippen LogP contribution is 2.22. The summed E-state index contributed by atoms with van der Waals surface area (Å²) in [5.41, 5.74) is 2.63. The third kappa shape index (κ3) is 4.91. The number of pyridine rings is 1. The number of nitrogens with zero attached hydrogens (tertiary/aromatic N) is 5. The third-order valence-corrected chi connectivity index (χ3v) is 5.44. The zero-order valence-corrected chi connectivity index (χ0v) is 16.0. The molecule has 27 heavy (non-hydrogen) atoms. The minimum absolute atomic E-state index is 0.103. The fourth-order valence-electron chi connectivity index (χ4n) is 3.77. The van der Waals surface area contributed by atoms with Gasteiger partial charge in [0, 0.05) is 30.9 Å². The molecule has 1 N–H and O–H groups in total. The van der Waals surface area contributed by atoms with Crippen LogP contribution in [0.4, 0.5) is 0 Å². The van der Waals surface area contributed by atoms with Gasteiger partial charge in [-0.2, -0.15) is 0 Å². The Morgan fingerprint density at radius 2 is 2.15 bits per heavy atom. The maximum Gasteiger partial charge on any atom is 0.273 e. The van der Waals surface area contributed by atoms with E-state index in [9.17, 15) is 4.79 Å². The summed E-state index contributed by atoms with van der Waals surface area (Å²) < 4.78 is 1.81. The molecule has 2 aliphatic rings. The number of likely N-dealkylation sites (tertiary alicyclic amines) is 1. The van der Waals surface area contributed by atoms with Crippen molar-refractivity contribution in [2.45, 2.75) is 70.6 Å². The molecule has 7 heteroatoms. The number of hydrogen-bond acceptors (Lipinski definition) is 5. The molecule has 1 amide bonds. The Morgan fingerprint density at radius 1 is 1.26 bits per heavy atom. The fourth-order valence-corrected chi connectivity index (χ4v) is 3.77. The van der Waals surface area contributed by atoms with Crippen molar-refractivity contribution >= 4 is 5.91 Å². The summed E-state index contributed by atoms with van der Waals surface area (Å²) in [5.74, 6) is -0.103. The Morgan fingerprint density at radius 3 is 2.96 bits per heavy atom. The van der Waals surface area contributed by atoms with Gasteiger partial charge in [0.15, 0.2) is 5.69 Å². The summed E-state index contributed by atoms with van der Waals surface area (Å²) in [6, 6.07) is 7.10. The first-order valence-electron chi connectivity index (χ1n) is 10.0. The van der Waals surface area contributed by atoms with Gasteiger partial charge in [0.25, 0.3) is 5.91 Å². The van der Waals surface area contributed by atoms with Gasteiger partial charge in [-0.15, -0.1) is 5.10 Å². The number of piperidine rings is 1. The van der Waals surface area contributed by atoms with Crippen molar-refractivity contribution in [1.82, 2.24) is 30.2 Å². The fraction of sp³-hybridized carbons (Fsp3) is 0.600. The molecule has 1 aliphatic heterocycles. The molecule has 3 heterocycles. The third-order valence-electron chi connectivity index (χ3n) is 5.44. The van der Waals surface area contributed by atoms with Gasteiger partial charge in [-0.1, -0.05) is 17.7 Å². The van der Waals surface area contributed by atoms with E-state index in [1.165, 1.54) is 19.3 Å². The first-order chi connectivity index (χ1) is 13.2. The summed E-state index contributed by atoms with van der Waals surface area (Å²) in [4.78, 5) is 19.3. The number of carbonyl (C=O) groups is 1. The van der Waals surface area contributed by atoms with Gasteiger partial charge in [0.2, 0.25) is 0 Å². The van der Waals surface area contributed by atoms with Crippen molar-refractivity contribution < 1.29 is 4.79 Å². The topological polar surface area (TPSA) is 75.9 Å². The van der Waals surface area contributed by atoms with Gasteiger partial charge < -0.3 is 5.32 Å². The molecule has 7 nitrogen and oxygen atoms in total. The second-order valence-corrected chi connectivity index (χ2v) is 7.79. The maximum absolute atomic E-state index is 12.1. The quantitative estimate of drug-likeness (QED) is 0.812. The SMILES string of the molecule is Cc1cccc(CN2CCCC[C@H]2CCn2cc(C(=O)NC3CC3)nn2)n1. The summed E-state index contributed by atoms with van der Waals surface area (Å²) >= 11 is 0. The van der Waals surface area contributed by atoms with Crippen molar-refractivity contribution in [2.75, 3.05) is 6.54 Å². The first kappa shape index (κ1) is 18.1. The van der Waals surface area contributed by atoms with Gasteiger partial charge in [-0.05, 0) is 57.7 Å². The Balaban J connectivity index is 1.33. The summed E-state index contributed by atoms with van der Waals surface area (Å²) in [6.45, 7) is 4.84. The predicted molar refractivity (Wildman–Crippen MR) is 102 cm³/mol. The Hall–Kier alpha value is -2.28. The Labute approximate surface area is 160 Å². The summed E-state index contributed by atoms with van der Waals surface area (Å²) in [6.07, 6.45) is 8.66. The minimum Gasteiger partial charge on any atom is -0.348 e. The van der Waals surface area contributed by atoms with Crippen molar-refractivity contribution in [3.63, 3.8) is 0 Å². The molecule has 1 aliphatic carbocycles. The van der Waals surface area contributed by atoms with Crippen molar-refractivity contribution in [3.8, 4) is 0 Å². The van der Waals surface area contributed by atoms with Crippen molar-refractivity contribution in [1.29, 1.82) is 0 Å². The summed E-state index contributed by atoms with van der Waals surface area (Å²) in [5, 5.41) is 11.1. The van der Waals surface area contributed by atoms with Crippen LogP contribution in [0.25, 0.3) is 0 Å². The average Bonchev–Trinajstić information content (AvgIpc) is 3.34. The van der Waals surface area contributed by atoms with Gasteiger partial charge in [-0.25, -0.2) is 0 Å². The zero-order chi connectivity index (χ0) is 18.6. The molecular formula is C20H28N6O. The lowest BCUT2D eigenvalue weighted by molar-refractivity contribution is 0.0946. The lowest BCUT2D eigenvalue weighted by Crippen LogP contribution is -2.39. The van der Waals surface area contributed by atoms with Crippen LogP contribution in [0.3, 0.4) is 0 Å². The van der Waals surface area contributed by atoms with Crippen LogP contribution in [0, 0.1) is 6.92 Å². The van der Waals surface area contributed by atoms with Crippen LogP contribution >= 0.6 is 0 Å². The molecule has 144 valence electrons. The zero-order valence-electron chi connectivity index (χ0n) is 16.0.